The third kappa shape index (κ3) is 33.7. The molecule has 0 bridgehead atoms. The molecular weight excluding hydrogens is 183 g/mol. The largest absolute Gasteiger partial charge is 1.00 e. The van der Waals surface area contributed by atoms with Crippen LogP contribution in [0.3, 0.4) is 0 Å². The Kier molecular flexibility index (Phi) is 42.2. The monoisotopic (exact) mass is 192 g/mol. The van der Waals surface area contributed by atoms with Crippen molar-refractivity contribution in [2.45, 2.75) is 0 Å². The topological polar surface area (TPSA) is 172 Å². The van der Waals surface area contributed by atoms with Gasteiger partial charge in [-0.05, 0) is 6.08 Å². The standard InChI is InChI=1S/C4H4O4.Na.3H2O/c5-3(6)1-2-4(7)8;;;;/h1-2H,(H,5,6)(H,7,8);;3*1H2/q;+1;;;/p-1. The van der Waals surface area contributed by atoms with E-state index >= 15 is 0 Å². The van der Waals surface area contributed by atoms with Crippen LogP contribution in [-0.2, 0) is 9.59 Å². The SMILES string of the molecule is O.O.O.O=C([O-])C=CC(=O)O.[Na+]. The first kappa shape index (κ1) is 30.0. The normalized spacial score (nSPS) is 6.33. The van der Waals surface area contributed by atoms with E-state index in [0.29, 0.717) is 12.2 Å². The van der Waals surface area contributed by atoms with Gasteiger partial charge in [-0.2, -0.15) is 0 Å². The van der Waals surface area contributed by atoms with E-state index in [-0.39, 0.29) is 46.0 Å². The minimum atomic E-state index is -1.51. The van der Waals surface area contributed by atoms with Crippen LogP contribution in [0.4, 0.5) is 0 Å². The van der Waals surface area contributed by atoms with Gasteiger partial charge in [0, 0.05) is 6.08 Å². The molecule has 0 rings (SSSR count). The van der Waals surface area contributed by atoms with Crippen LogP contribution in [0, 0.1) is 0 Å². The fourth-order valence-corrected chi connectivity index (χ4v) is 0.139. The summed E-state index contributed by atoms with van der Waals surface area (Å²) in [6.07, 6.45) is 0.942. The molecule has 0 saturated heterocycles. The van der Waals surface area contributed by atoms with Crippen LogP contribution in [0.1, 0.15) is 0 Å². The molecule has 0 unspecified atom stereocenters. The third-order valence-corrected chi connectivity index (χ3v) is 0.362. The van der Waals surface area contributed by atoms with Crippen molar-refractivity contribution in [3.05, 3.63) is 12.2 Å². The summed E-state index contributed by atoms with van der Waals surface area (Å²) in [7, 11) is 0. The molecule has 0 radical (unpaired) electrons. The second-order valence-corrected chi connectivity index (χ2v) is 0.991. The maximum Gasteiger partial charge on any atom is 1.00 e. The van der Waals surface area contributed by atoms with E-state index in [4.69, 9.17) is 5.11 Å². The molecule has 0 aliphatic rings. The summed E-state index contributed by atoms with van der Waals surface area (Å²) in [5.74, 6) is -2.80. The van der Waals surface area contributed by atoms with Gasteiger partial charge in [0.1, 0.15) is 0 Å². The minimum absolute atomic E-state index is 0. The van der Waals surface area contributed by atoms with Gasteiger partial charge < -0.3 is 31.4 Å². The van der Waals surface area contributed by atoms with E-state index in [9.17, 15) is 14.7 Å². The molecule has 0 aliphatic heterocycles. The number of rotatable bonds is 2. The van der Waals surface area contributed by atoms with E-state index < -0.39 is 11.9 Å². The van der Waals surface area contributed by atoms with E-state index in [0.717, 1.165) is 0 Å². The van der Waals surface area contributed by atoms with Crippen molar-refractivity contribution in [1.82, 2.24) is 0 Å². The average Bonchev–Trinajstić information content (AvgIpc) is 1.61. The molecule has 0 spiro atoms. The summed E-state index contributed by atoms with van der Waals surface area (Å²) in [4.78, 5) is 19.0. The van der Waals surface area contributed by atoms with Gasteiger partial charge in [-0.1, -0.05) is 0 Å². The fraction of sp³-hybridized carbons (Fsp3) is 0. The molecule has 0 atom stereocenters. The molecule has 0 aromatic rings. The van der Waals surface area contributed by atoms with E-state index in [1.807, 2.05) is 0 Å². The quantitative estimate of drug-likeness (QED) is 0.338. The van der Waals surface area contributed by atoms with Crippen LogP contribution in [0.2, 0.25) is 0 Å². The Bertz CT molecular complexity index is 126. The van der Waals surface area contributed by atoms with Crippen molar-refractivity contribution in [3.8, 4) is 0 Å². The van der Waals surface area contributed by atoms with Gasteiger partial charge >= 0.3 is 35.5 Å². The number of carboxylic acids is 2. The van der Waals surface area contributed by atoms with Crippen LogP contribution in [-0.4, -0.2) is 33.5 Å². The Morgan fingerprint density at radius 1 is 1.08 bits per heavy atom. The number of carboxylic acid groups (broad SMARTS) is 2. The maximum atomic E-state index is 9.53. The zero-order valence-corrected chi connectivity index (χ0v) is 8.33. The van der Waals surface area contributed by atoms with E-state index in [2.05, 4.69) is 0 Å². The predicted octanol–water partition coefficient (Wildman–Crippen LogP) is -7.09. The Labute approximate surface area is 89.9 Å². The second-order valence-electron chi connectivity index (χ2n) is 0.991. The van der Waals surface area contributed by atoms with Crippen molar-refractivity contribution < 1.29 is 65.8 Å². The van der Waals surface area contributed by atoms with Gasteiger partial charge in [0.05, 0.1) is 5.97 Å². The summed E-state index contributed by atoms with van der Waals surface area (Å²) in [6, 6.07) is 0. The minimum Gasteiger partial charge on any atom is -0.545 e. The van der Waals surface area contributed by atoms with Gasteiger partial charge in [-0.3, -0.25) is 0 Å². The zero-order chi connectivity index (χ0) is 6.57. The first-order chi connectivity index (χ1) is 3.63. The van der Waals surface area contributed by atoms with Crippen molar-refractivity contribution in [2.75, 3.05) is 0 Å². The number of hydrogen-bond acceptors (Lipinski definition) is 3. The molecule has 7 nitrogen and oxygen atoms in total. The van der Waals surface area contributed by atoms with Gasteiger partial charge in [-0.15, -0.1) is 0 Å². The molecule has 0 amide bonds. The third-order valence-electron chi connectivity index (χ3n) is 0.362. The summed E-state index contributed by atoms with van der Waals surface area (Å²) < 4.78 is 0. The summed E-state index contributed by atoms with van der Waals surface area (Å²) in [6.45, 7) is 0. The van der Waals surface area contributed by atoms with Gasteiger partial charge in [0.2, 0.25) is 0 Å². The van der Waals surface area contributed by atoms with Gasteiger partial charge in [-0.25, -0.2) is 4.79 Å². The molecule has 0 fully saturated rings. The van der Waals surface area contributed by atoms with E-state index in [1.54, 1.807) is 0 Å². The average molecular weight is 192 g/mol. The summed E-state index contributed by atoms with van der Waals surface area (Å²) >= 11 is 0. The fourth-order valence-electron chi connectivity index (χ4n) is 0.139. The van der Waals surface area contributed by atoms with Crippen molar-refractivity contribution in [3.63, 3.8) is 0 Å². The molecule has 8 heteroatoms. The van der Waals surface area contributed by atoms with Crippen LogP contribution < -0.4 is 34.7 Å². The molecule has 0 saturated carbocycles. The van der Waals surface area contributed by atoms with Crippen LogP contribution >= 0.6 is 0 Å². The number of carbonyl (C=O) groups excluding carboxylic acids is 1. The Morgan fingerprint density at radius 3 is 1.50 bits per heavy atom. The second kappa shape index (κ2) is 16.9. The van der Waals surface area contributed by atoms with Crippen molar-refractivity contribution >= 4 is 11.9 Å². The predicted molar refractivity (Wildman–Crippen MR) is 32.6 cm³/mol. The van der Waals surface area contributed by atoms with Crippen molar-refractivity contribution in [1.29, 1.82) is 0 Å². The molecule has 0 aliphatic carbocycles. The van der Waals surface area contributed by atoms with Crippen LogP contribution in [0.25, 0.3) is 0 Å². The Hall–Kier alpha value is -0.440. The smallest absolute Gasteiger partial charge is 0.545 e. The summed E-state index contributed by atoms with van der Waals surface area (Å²) in [5, 5.41) is 17.2. The van der Waals surface area contributed by atoms with Gasteiger partial charge in [0.25, 0.3) is 0 Å². The van der Waals surface area contributed by atoms with E-state index in [1.165, 1.54) is 0 Å². The first-order valence-electron chi connectivity index (χ1n) is 1.75. The van der Waals surface area contributed by atoms with Gasteiger partial charge in [0.15, 0.2) is 0 Å². The molecular formula is C4H9NaO7. The number of aliphatic carboxylic acids is 2. The number of hydrogen-bond donors (Lipinski definition) is 1. The zero-order valence-electron chi connectivity index (χ0n) is 6.33. The first-order valence-corrected chi connectivity index (χ1v) is 1.75. The molecule has 0 aromatic carbocycles. The Balaban J connectivity index is -0.0000000408. The van der Waals surface area contributed by atoms with Crippen molar-refractivity contribution in [2.24, 2.45) is 0 Å². The van der Waals surface area contributed by atoms with Crippen LogP contribution in [0.5, 0.6) is 0 Å². The number of carbonyl (C=O) groups is 2. The maximum absolute atomic E-state index is 9.53. The molecule has 0 aromatic heterocycles. The summed E-state index contributed by atoms with van der Waals surface area (Å²) in [5.41, 5.74) is 0. The molecule has 0 heterocycles. The Morgan fingerprint density at radius 2 is 1.42 bits per heavy atom. The van der Waals surface area contributed by atoms with Crippen LogP contribution in [0.15, 0.2) is 12.2 Å². The molecule has 12 heavy (non-hydrogen) atoms. The molecule has 68 valence electrons. The molecule has 7 N–H and O–H groups in total.